The molecule has 1 aliphatic heterocycles. The van der Waals surface area contributed by atoms with E-state index in [9.17, 15) is 4.79 Å². The first-order chi connectivity index (χ1) is 13.7. The molecule has 1 unspecified atom stereocenters. The van der Waals surface area contributed by atoms with Crippen molar-refractivity contribution in [3.63, 3.8) is 0 Å². The number of hydrogen-bond acceptors (Lipinski definition) is 4. The number of carbonyl (C=O) groups excluding carboxylic acids is 1. The number of amides is 1. The predicted octanol–water partition coefficient (Wildman–Crippen LogP) is 4.08. The number of aryl methyl sites for hydroxylation is 2. The Hall–Kier alpha value is -2.34. The third-order valence-electron chi connectivity index (χ3n) is 5.27. The second-order valence-electron chi connectivity index (χ2n) is 8.74. The van der Waals surface area contributed by atoms with Gasteiger partial charge in [-0.3, -0.25) is 4.68 Å². The smallest absolute Gasteiger partial charge is 0.410 e. The largest absolute Gasteiger partial charge is 0.444 e. The van der Waals surface area contributed by atoms with Crippen LogP contribution in [0.3, 0.4) is 0 Å². The van der Waals surface area contributed by atoms with Gasteiger partial charge in [0.1, 0.15) is 5.60 Å². The molecule has 1 atom stereocenters. The van der Waals surface area contributed by atoms with Gasteiger partial charge in [0.25, 0.3) is 0 Å². The molecule has 0 N–H and O–H groups in total. The standard InChI is InChI=1S/C23H33N3O3/c1-23(2,3)29-22(27)26-14-10-17-6-7-19(16-18(17)11-15-26)21(28-5)9-8-20-12-13-25(4)24-20/h6-7,12-13,16,21H,8-11,14-15H2,1-5H3. The molecule has 2 heterocycles. The number of aromatic nitrogens is 2. The fourth-order valence-corrected chi connectivity index (χ4v) is 3.75. The van der Waals surface area contributed by atoms with E-state index in [2.05, 4.69) is 29.4 Å². The zero-order valence-corrected chi connectivity index (χ0v) is 18.3. The van der Waals surface area contributed by atoms with Crippen molar-refractivity contribution >= 4 is 6.09 Å². The minimum absolute atomic E-state index is 0.0347. The number of ether oxygens (including phenoxy) is 2. The SMILES string of the molecule is COC(CCc1ccn(C)n1)c1ccc2c(c1)CCN(C(=O)OC(C)(C)C)CC2. The molecule has 0 radical (unpaired) electrons. The predicted molar refractivity (Wildman–Crippen MR) is 113 cm³/mol. The molecular weight excluding hydrogens is 366 g/mol. The maximum atomic E-state index is 12.4. The van der Waals surface area contributed by atoms with Gasteiger partial charge in [-0.15, -0.1) is 0 Å². The fourth-order valence-electron chi connectivity index (χ4n) is 3.75. The van der Waals surface area contributed by atoms with Crippen molar-refractivity contribution in [3.8, 4) is 0 Å². The lowest BCUT2D eigenvalue weighted by Gasteiger charge is -2.26. The second-order valence-corrected chi connectivity index (χ2v) is 8.74. The third-order valence-corrected chi connectivity index (χ3v) is 5.27. The molecule has 1 aliphatic rings. The minimum atomic E-state index is -0.470. The van der Waals surface area contributed by atoms with Gasteiger partial charge in [-0.2, -0.15) is 5.10 Å². The van der Waals surface area contributed by atoms with Crippen molar-refractivity contribution in [1.29, 1.82) is 0 Å². The highest BCUT2D eigenvalue weighted by Gasteiger charge is 2.24. The maximum absolute atomic E-state index is 12.4. The van der Waals surface area contributed by atoms with E-state index in [0.29, 0.717) is 13.1 Å². The molecule has 0 spiro atoms. The Kier molecular flexibility index (Phi) is 6.63. The Morgan fingerprint density at radius 3 is 2.52 bits per heavy atom. The Morgan fingerprint density at radius 1 is 1.17 bits per heavy atom. The summed E-state index contributed by atoms with van der Waals surface area (Å²) in [5, 5.41) is 4.46. The quantitative estimate of drug-likeness (QED) is 0.760. The van der Waals surface area contributed by atoms with Crippen LogP contribution in [-0.4, -0.2) is 46.6 Å². The van der Waals surface area contributed by atoms with Gasteiger partial charge in [-0.1, -0.05) is 18.2 Å². The molecule has 1 aromatic carbocycles. The lowest BCUT2D eigenvalue weighted by molar-refractivity contribution is 0.0258. The monoisotopic (exact) mass is 399 g/mol. The Bertz CT molecular complexity index is 838. The Morgan fingerprint density at radius 2 is 1.90 bits per heavy atom. The number of fused-ring (bicyclic) bond motifs is 1. The molecule has 1 amide bonds. The summed E-state index contributed by atoms with van der Waals surface area (Å²) < 4.78 is 13.2. The van der Waals surface area contributed by atoms with Crippen LogP contribution < -0.4 is 0 Å². The fraction of sp³-hybridized carbons (Fsp3) is 0.565. The summed E-state index contributed by atoms with van der Waals surface area (Å²) in [5.74, 6) is 0. The number of nitrogens with zero attached hydrogens (tertiary/aromatic N) is 3. The lowest BCUT2D eigenvalue weighted by atomic mass is 9.96. The van der Waals surface area contributed by atoms with E-state index >= 15 is 0 Å². The average Bonchev–Trinajstić information content (AvgIpc) is 2.95. The van der Waals surface area contributed by atoms with E-state index < -0.39 is 5.60 Å². The maximum Gasteiger partial charge on any atom is 0.410 e. The first kappa shape index (κ1) is 21.4. The van der Waals surface area contributed by atoms with Crippen molar-refractivity contribution in [2.24, 2.45) is 7.05 Å². The van der Waals surface area contributed by atoms with E-state index in [-0.39, 0.29) is 12.2 Å². The molecule has 158 valence electrons. The summed E-state index contributed by atoms with van der Waals surface area (Å²) >= 11 is 0. The summed E-state index contributed by atoms with van der Waals surface area (Å²) in [4.78, 5) is 14.3. The molecule has 0 aliphatic carbocycles. The van der Waals surface area contributed by atoms with Crippen LogP contribution in [0, 0.1) is 0 Å². The average molecular weight is 400 g/mol. The Balaban J connectivity index is 1.65. The van der Waals surface area contributed by atoms with Gasteiger partial charge in [0.15, 0.2) is 0 Å². The summed E-state index contributed by atoms with van der Waals surface area (Å²) in [6.45, 7) is 7.07. The van der Waals surface area contributed by atoms with Crippen LogP contribution in [-0.2, 0) is 35.8 Å². The summed E-state index contributed by atoms with van der Waals surface area (Å²) in [6, 6.07) is 8.65. The van der Waals surface area contributed by atoms with Crippen LogP contribution in [0.4, 0.5) is 4.79 Å². The van der Waals surface area contributed by atoms with Gasteiger partial charge in [-0.05, 0) is 69.2 Å². The van der Waals surface area contributed by atoms with E-state index in [1.807, 2.05) is 43.6 Å². The minimum Gasteiger partial charge on any atom is -0.444 e. The lowest BCUT2D eigenvalue weighted by Crippen LogP contribution is -2.38. The van der Waals surface area contributed by atoms with Gasteiger partial charge >= 0.3 is 6.09 Å². The highest BCUT2D eigenvalue weighted by Crippen LogP contribution is 2.27. The van der Waals surface area contributed by atoms with E-state index in [4.69, 9.17) is 9.47 Å². The zero-order chi connectivity index (χ0) is 21.0. The summed E-state index contributed by atoms with van der Waals surface area (Å²) in [7, 11) is 3.70. The van der Waals surface area contributed by atoms with Crippen molar-refractivity contribution in [1.82, 2.24) is 14.7 Å². The van der Waals surface area contributed by atoms with Crippen LogP contribution in [0.5, 0.6) is 0 Å². The Labute approximate surface area is 173 Å². The van der Waals surface area contributed by atoms with Crippen LogP contribution in [0.15, 0.2) is 30.5 Å². The molecule has 1 aromatic heterocycles. The van der Waals surface area contributed by atoms with Gasteiger partial charge in [0.05, 0.1) is 11.8 Å². The zero-order valence-electron chi connectivity index (χ0n) is 18.3. The molecule has 0 saturated carbocycles. The number of carbonyl (C=O) groups is 1. The van der Waals surface area contributed by atoms with Crippen molar-refractivity contribution in [3.05, 3.63) is 52.8 Å². The van der Waals surface area contributed by atoms with Gasteiger partial charge in [0.2, 0.25) is 0 Å². The van der Waals surface area contributed by atoms with Crippen molar-refractivity contribution in [2.45, 2.75) is 58.2 Å². The first-order valence-electron chi connectivity index (χ1n) is 10.4. The highest BCUT2D eigenvalue weighted by molar-refractivity contribution is 5.68. The highest BCUT2D eigenvalue weighted by atomic mass is 16.6. The molecule has 6 nitrogen and oxygen atoms in total. The number of methoxy groups -OCH3 is 1. The van der Waals surface area contributed by atoms with E-state index in [1.54, 1.807) is 7.11 Å². The van der Waals surface area contributed by atoms with Gasteiger partial charge < -0.3 is 14.4 Å². The molecule has 2 aromatic rings. The summed E-state index contributed by atoms with van der Waals surface area (Å²) in [5.41, 5.74) is 4.40. The second kappa shape index (κ2) is 8.99. The van der Waals surface area contributed by atoms with Crippen molar-refractivity contribution in [2.75, 3.05) is 20.2 Å². The van der Waals surface area contributed by atoms with E-state index in [1.165, 1.54) is 16.7 Å². The van der Waals surface area contributed by atoms with Crippen molar-refractivity contribution < 1.29 is 14.3 Å². The topological polar surface area (TPSA) is 56.6 Å². The van der Waals surface area contributed by atoms with Crippen LogP contribution in [0.2, 0.25) is 0 Å². The van der Waals surface area contributed by atoms with Gasteiger partial charge in [0, 0.05) is 33.4 Å². The van der Waals surface area contributed by atoms with Crippen LogP contribution in [0.25, 0.3) is 0 Å². The summed E-state index contributed by atoms with van der Waals surface area (Å²) in [6.07, 6.45) is 5.22. The van der Waals surface area contributed by atoms with Crippen LogP contribution >= 0.6 is 0 Å². The molecule has 6 heteroatoms. The number of hydrogen-bond donors (Lipinski definition) is 0. The molecular formula is C23H33N3O3. The van der Waals surface area contributed by atoms with Gasteiger partial charge in [-0.25, -0.2) is 4.79 Å². The molecule has 29 heavy (non-hydrogen) atoms. The molecule has 0 fully saturated rings. The van der Waals surface area contributed by atoms with E-state index in [0.717, 1.165) is 31.4 Å². The number of rotatable bonds is 5. The third kappa shape index (κ3) is 5.82. The molecule has 3 rings (SSSR count). The number of benzene rings is 1. The normalized spacial score (nSPS) is 15.6. The first-order valence-corrected chi connectivity index (χ1v) is 10.4. The molecule has 0 bridgehead atoms. The van der Waals surface area contributed by atoms with Crippen LogP contribution in [0.1, 0.15) is 55.7 Å². The molecule has 0 saturated heterocycles.